The van der Waals surface area contributed by atoms with E-state index in [0.29, 0.717) is 11.3 Å². The van der Waals surface area contributed by atoms with Crippen molar-refractivity contribution in [1.82, 2.24) is 10.0 Å². The molecule has 3 aliphatic heterocycles. The fourth-order valence-electron chi connectivity index (χ4n) is 4.82. The molecule has 6 nitrogen and oxygen atoms in total. The first-order valence-electron chi connectivity index (χ1n) is 9.58. The molecular weight excluding hydrogens is 352 g/mol. The van der Waals surface area contributed by atoms with Gasteiger partial charge in [0.15, 0.2) is 0 Å². The Morgan fingerprint density at radius 3 is 2.18 bits per heavy atom. The number of benzene rings is 2. The van der Waals surface area contributed by atoms with Gasteiger partial charge in [0.2, 0.25) is 5.91 Å². The minimum Gasteiger partial charge on any atom is -0.274 e. The standard InChI is InChI=1S/C22H20N4O2/c1-14-3-7-16(8-4-14)19-18-20(25-12-2-11-24(19)25)22(28)26(21(18)27)17-9-5-15(13-23)6-10-17/h3-10,18-20H,2,11-12H2,1H3/t18-,19-,20+/m1/s1. The van der Waals surface area contributed by atoms with Crippen LogP contribution in [0.25, 0.3) is 0 Å². The number of nitrogens with zero attached hydrogens (tertiary/aromatic N) is 4. The van der Waals surface area contributed by atoms with Crippen LogP contribution in [-0.4, -0.2) is 41.0 Å². The maximum absolute atomic E-state index is 13.4. The topological polar surface area (TPSA) is 67.6 Å². The van der Waals surface area contributed by atoms with Gasteiger partial charge < -0.3 is 0 Å². The van der Waals surface area contributed by atoms with E-state index < -0.39 is 12.0 Å². The van der Waals surface area contributed by atoms with Crippen molar-refractivity contribution in [1.29, 1.82) is 5.26 Å². The van der Waals surface area contributed by atoms with E-state index in [1.807, 2.05) is 6.92 Å². The second kappa shape index (κ2) is 6.26. The molecule has 2 aromatic carbocycles. The lowest BCUT2D eigenvalue weighted by Crippen LogP contribution is -2.44. The summed E-state index contributed by atoms with van der Waals surface area (Å²) in [6.07, 6.45) is 0.990. The molecule has 2 aromatic rings. The number of carbonyl (C=O) groups is 2. The SMILES string of the molecule is Cc1ccc([C@@H]2[C@H]3C(=O)N(c4ccc(C#N)cc4)C(=O)[C@H]3N3CCCN23)cc1. The normalized spacial score (nSPS) is 27.1. The van der Waals surface area contributed by atoms with Crippen LogP contribution < -0.4 is 4.90 Å². The van der Waals surface area contributed by atoms with Gasteiger partial charge in [0.25, 0.3) is 5.91 Å². The molecule has 3 fully saturated rings. The van der Waals surface area contributed by atoms with Crippen LogP contribution in [-0.2, 0) is 9.59 Å². The van der Waals surface area contributed by atoms with E-state index >= 15 is 0 Å². The Morgan fingerprint density at radius 1 is 0.893 bits per heavy atom. The molecule has 0 saturated carbocycles. The summed E-state index contributed by atoms with van der Waals surface area (Å²) in [5.74, 6) is -0.730. The van der Waals surface area contributed by atoms with Gasteiger partial charge in [-0.1, -0.05) is 29.8 Å². The molecule has 3 aliphatic rings. The van der Waals surface area contributed by atoms with Crippen molar-refractivity contribution in [3.8, 4) is 6.07 Å². The number of imide groups is 1. The van der Waals surface area contributed by atoms with Gasteiger partial charge in [0.05, 0.1) is 29.3 Å². The molecule has 0 radical (unpaired) electrons. The van der Waals surface area contributed by atoms with Crippen molar-refractivity contribution in [2.24, 2.45) is 5.92 Å². The monoisotopic (exact) mass is 372 g/mol. The molecule has 140 valence electrons. The number of hydrogen-bond acceptors (Lipinski definition) is 5. The van der Waals surface area contributed by atoms with Crippen LogP contribution in [0.1, 0.15) is 29.2 Å². The molecule has 3 atom stereocenters. The summed E-state index contributed by atoms with van der Waals surface area (Å²) in [5, 5.41) is 13.3. The average molecular weight is 372 g/mol. The summed E-state index contributed by atoms with van der Waals surface area (Å²) >= 11 is 0. The van der Waals surface area contributed by atoms with Crippen LogP contribution in [0.15, 0.2) is 48.5 Å². The Morgan fingerprint density at radius 2 is 1.54 bits per heavy atom. The molecule has 5 rings (SSSR count). The van der Waals surface area contributed by atoms with Crippen molar-refractivity contribution in [3.63, 3.8) is 0 Å². The Balaban J connectivity index is 1.56. The van der Waals surface area contributed by atoms with Crippen LogP contribution in [0.3, 0.4) is 0 Å². The number of rotatable bonds is 2. The van der Waals surface area contributed by atoms with Gasteiger partial charge in [-0.2, -0.15) is 5.26 Å². The summed E-state index contributed by atoms with van der Waals surface area (Å²) in [4.78, 5) is 28.0. The van der Waals surface area contributed by atoms with Crippen molar-refractivity contribution < 1.29 is 9.59 Å². The number of amides is 2. The predicted molar refractivity (Wildman–Crippen MR) is 103 cm³/mol. The summed E-state index contributed by atoms with van der Waals surface area (Å²) in [6.45, 7) is 3.70. The zero-order valence-electron chi connectivity index (χ0n) is 15.6. The maximum atomic E-state index is 13.4. The van der Waals surface area contributed by atoms with Crippen LogP contribution in [0.5, 0.6) is 0 Å². The highest BCUT2D eigenvalue weighted by Gasteiger charge is 2.62. The van der Waals surface area contributed by atoms with Gasteiger partial charge in [-0.25, -0.2) is 14.9 Å². The highest BCUT2D eigenvalue weighted by atomic mass is 16.2. The lowest BCUT2D eigenvalue weighted by molar-refractivity contribution is -0.126. The first kappa shape index (κ1) is 17.1. The van der Waals surface area contributed by atoms with E-state index in [0.717, 1.165) is 25.1 Å². The number of fused-ring (bicyclic) bond motifs is 3. The van der Waals surface area contributed by atoms with Gasteiger partial charge in [-0.15, -0.1) is 0 Å². The highest BCUT2D eigenvalue weighted by Crippen LogP contribution is 2.48. The fourth-order valence-corrected chi connectivity index (χ4v) is 4.82. The number of carbonyl (C=O) groups excluding carboxylic acids is 2. The lowest BCUT2D eigenvalue weighted by atomic mass is 9.89. The van der Waals surface area contributed by atoms with Gasteiger partial charge >= 0.3 is 0 Å². The van der Waals surface area contributed by atoms with Gasteiger partial charge in [-0.3, -0.25) is 9.59 Å². The van der Waals surface area contributed by atoms with Crippen LogP contribution in [0.2, 0.25) is 0 Å². The predicted octanol–water partition coefficient (Wildman–Crippen LogP) is 2.40. The molecule has 6 heteroatoms. The number of nitriles is 1. The third-order valence-electron chi connectivity index (χ3n) is 6.08. The zero-order chi connectivity index (χ0) is 19.4. The minimum atomic E-state index is -0.447. The molecule has 2 amide bonds. The van der Waals surface area contributed by atoms with Crippen molar-refractivity contribution in [3.05, 3.63) is 65.2 Å². The lowest BCUT2D eigenvalue weighted by Gasteiger charge is -2.29. The molecule has 0 aromatic heterocycles. The molecule has 0 unspecified atom stereocenters. The number of hydrazine groups is 1. The third-order valence-corrected chi connectivity index (χ3v) is 6.08. The van der Waals surface area contributed by atoms with Crippen molar-refractivity contribution >= 4 is 17.5 Å². The molecule has 28 heavy (non-hydrogen) atoms. The third kappa shape index (κ3) is 2.34. The Labute approximate surface area is 163 Å². The quantitative estimate of drug-likeness (QED) is 0.758. The van der Waals surface area contributed by atoms with Crippen LogP contribution >= 0.6 is 0 Å². The summed E-state index contributed by atoms with van der Waals surface area (Å²) in [6, 6.07) is 16.4. The van der Waals surface area contributed by atoms with E-state index in [-0.39, 0.29) is 17.9 Å². The second-order valence-electron chi connectivity index (χ2n) is 7.68. The van der Waals surface area contributed by atoms with Gasteiger partial charge in [0, 0.05) is 13.1 Å². The minimum absolute atomic E-state index is 0.118. The van der Waals surface area contributed by atoms with E-state index in [2.05, 4.69) is 40.4 Å². The fraction of sp³-hybridized carbons (Fsp3) is 0.318. The molecule has 0 bridgehead atoms. The maximum Gasteiger partial charge on any atom is 0.253 e. The Bertz CT molecular complexity index is 993. The summed E-state index contributed by atoms with van der Waals surface area (Å²) in [7, 11) is 0. The molecule has 0 N–H and O–H groups in total. The van der Waals surface area contributed by atoms with Crippen LogP contribution in [0, 0.1) is 24.2 Å². The molecule has 3 saturated heterocycles. The van der Waals surface area contributed by atoms with E-state index in [9.17, 15) is 9.59 Å². The number of aryl methyl sites for hydroxylation is 1. The van der Waals surface area contributed by atoms with Crippen molar-refractivity contribution in [2.75, 3.05) is 18.0 Å². The number of hydrogen-bond donors (Lipinski definition) is 0. The van der Waals surface area contributed by atoms with Gasteiger partial charge in [-0.05, 0) is 43.2 Å². The molecule has 0 spiro atoms. The number of anilines is 1. The van der Waals surface area contributed by atoms with Gasteiger partial charge in [0.1, 0.15) is 6.04 Å². The van der Waals surface area contributed by atoms with E-state index in [4.69, 9.17) is 5.26 Å². The smallest absolute Gasteiger partial charge is 0.253 e. The first-order chi connectivity index (χ1) is 13.6. The average Bonchev–Trinajstić information content (AvgIpc) is 3.35. The van der Waals surface area contributed by atoms with E-state index in [1.54, 1.807) is 24.3 Å². The molecule has 0 aliphatic carbocycles. The van der Waals surface area contributed by atoms with E-state index in [1.165, 1.54) is 10.5 Å². The molecule has 3 heterocycles. The zero-order valence-corrected chi connectivity index (χ0v) is 15.6. The largest absolute Gasteiger partial charge is 0.274 e. The summed E-state index contributed by atoms with van der Waals surface area (Å²) in [5.41, 5.74) is 3.29. The molecular formula is C22H20N4O2. The van der Waals surface area contributed by atoms with Crippen LogP contribution in [0.4, 0.5) is 5.69 Å². The highest BCUT2D eigenvalue weighted by molar-refractivity contribution is 6.24. The summed E-state index contributed by atoms with van der Waals surface area (Å²) < 4.78 is 0. The first-order valence-corrected chi connectivity index (χ1v) is 9.58. The second-order valence-corrected chi connectivity index (χ2v) is 7.68. The Hall–Kier alpha value is -3.01. The Kier molecular flexibility index (Phi) is 3.83. The van der Waals surface area contributed by atoms with Crippen molar-refractivity contribution in [2.45, 2.75) is 25.4 Å².